The lowest BCUT2D eigenvalue weighted by Crippen LogP contribution is -2.15. The van der Waals surface area contributed by atoms with Crippen LogP contribution in [0.3, 0.4) is 0 Å². The van der Waals surface area contributed by atoms with Gasteiger partial charge in [-0.05, 0) is 0 Å². The molecule has 12 heteroatoms. The molecule has 0 unspecified atom stereocenters. The smallest absolute Gasteiger partial charge is 0.422 e. The van der Waals surface area contributed by atoms with Crippen molar-refractivity contribution in [3.05, 3.63) is 29.1 Å². The predicted molar refractivity (Wildman–Crippen MR) is 60.6 cm³/mol. The van der Waals surface area contributed by atoms with Gasteiger partial charge in [0.15, 0.2) is 5.94 Å². The first-order valence-corrected chi connectivity index (χ1v) is 8.14. The maximum absolute atomic E-state index is 13.1. The quantitative estimate of drug-likeness (QED) is 0.158. The number of carbonyl (C=O) groups is 1. The molecule has 0 saturated heterocycles. The van der Waals surface area contributed by atoms with Gasteiger partial charge in [0.2, 0.25) is 43.7 Å². The molecule has 0 bridgehead atoms. The third-order valence-corrected chi connectivity index (χ3v) is 4.01. The Kier molecular flexibility index (Phi) is 5.39. The molecule has 21 heavy (non-hydrogen) atoms. The summed E-state index contributed by atoms with van der Waals surface area (Å²) in [4.78, 5) is 11.0. The molecule has 0 atom stereocenters. The van der Waals surface area contributed by atoms with Gasteiger partial charge >= 0.3 is 6.16 Å². The second-order valence-electron chi connectivity index (χ2n) is 3.34. The summed E-state index contributed by atoms with van der Waals surface area (Å²) in [7, 11) is -3.42. The first kappa shape index (κ1) is 17.5. The summed E-state index contributed by atoms with van der Waals surface area (Å²) in [5.41, 5.74) is 0. The molecular formula is C9H5F5O5S2. The number of rotatable bonds is 4. The fourth-order valence-electron chi connectivity index (χ4n) is 0.947. The van der Waals surface area contributed by atoms with Gasteiger partial charge in [-0.3, -0.25) is 0 Å². The fourth-order valence-corrected chi connectivity index (χ4v) is 1.93. The van der Waals surface area contributed by atoms with Crippen LogP contribution in [0, 0.1) is 29.1 Å². The number of carbonyl (C=O) groups excluding carboxylic acids is 1. The summed E-state index contributed by atoms with van der Waals surface area (Å²) in [6, 6.07) is 0. The van der Waals surface area contributed by atoms with Gasteiger partial charge < -0.3 is 9.47 Å². The first-order valence-electron chi connectivity index (χ1n) is 4.75. The van der Waals surface area contributed by atoms with E-state index in [4.69, 9.17) is 0 Å². The van der Waals surface area contributed by atoms with E-state index in [1.54, 1.807) is 0 Å². The predicted octanol–water partition coefficient (Wildman–Crippen LogP) is 2.55. The molecule has 0 N–H and O–H groups in total. The Morgan fingerprint density at radius 1 is 1.00 bits per heavy atom. The van der Waals surface area contributed by atoms with Gasteiger partial charge in [0.25, 0.3) is 0 Å². The highest BCUT2D eigenvalue weighted by atomic mass is 33.1. The second-order valence-corrected chi connectivity index (χ2v) is 7.74. The van der Waals surface area contributed by atoms with Crippen molar-refractivity contribution in [3.8, 4) is 5.75 Å². The van der Waals surface area contributed by atoms with Crippen LogP contribution in [0.15, 0.2) is 0 Å². The molecule has 0 amide bonds. The van der Waals surface area contributed by atoms with E-state index >= 15 is 0 Å². The normalized spacial score (nSPS) is 11.3. The van der Waals surface area contributed by atoms with Gasteiger partial charge in [-0.25, -0.2) is 26.4 Å². The second kappa shape index (κ2) is 6.47. The highest BCUT2D eigenvalue weighted by Gasteiger charge is 2.29. The monoisotopic (exact) mass is 352 g/mol. The average molecular weight is 352 g/mol. The fraction of sp³-hybridized carbons (Fsp3) is 0.222. The van der Waals surface area contributed by atoms with Gasteiger partial charge in [-0.2, -0.15) is 8.78 Å². The van der Waals surface area contributed by atoms with E-state index in [2.05, 4.69) is 9.47 Å². The van der Waals surface area contributed by atoms with Crippen LogP contribution in [0.1, 0.15) is 0 Å². The lowest BCUT2D eigenvalue weighted by Gasteiger charge is -2.08. The highest BCUT2D eigenvalue weighted by molar-refractivity contribution is 8.71. The maximum atomic E-state index is 13.1. The maximum Gasteiger partial charge on any atom is 0.514 e. The third-order valence-electron chi connectivity index (χ3n) is 1.79. The Morgan fingerprint density at radius 3 is 1.86 bits per heavy atom. The molecule has 0 heterocycles. The standard InChI is InChI=1S/C9H5F5O5S2/c1-21(16,17)20-2-18-9(15)19-8-6(13)4(11)3(10)5(12)7(8)14/h2H2,1H3. The van der Waals surface area contributed by atoms with Crippen molar-refractivity contribution >= 4 is 25.8 Å². The van der Waals surface area contributed by atoms with E-state index < -0.39 is 55.8 Å². The van der Waals surface area contributed by atoms with Crippen molar-refractivity contribution in [3.63, 3.8) is 0 Å². The summed E-state index contributed by atoms with van der Waals surface area (Å²) in [5, 5.41) is 0. The molecule has 0 aromatic heterocycles. The summed E-state index contributed by atoms with van der Waals surface area (Å²) in [5.74, 6) is -14.4. The molecule has 0 spiro atoms. The first-order chi connectivity index (χ1) is 9.54. The molecule has 5 nitrogen and oxygen atoms in total. The SMILES string of the molecule is CS(=O)(=O)SCOC(=O)Oc1c(F)c(F)c(F)c(F)c1F. The van der Waals surface area contributed by atoms with Crippen LogP contribution in [-0.4, -0.2) is 26.8 Å². The number of ether oxygens (including phenoxy) is 2. The van der Waals surface area contributed by atoms with Crippen molar-refractivity contribution < 1.29 is 44.6 Å². The largest absolute Gasteiger partial charge is 0.514 e. The molecule has 0 aliphatic rings. The molecule has 0 aliphatic carbocycles. The highest BCUT2D eigenvalue weighted by Crippen LogP contribution is 2.29. The van der Waals surface area contributed by atoms with Gasteiger partial charge in [-0.1, -0.05) is 0 Å². The molecule has 0 saturated carbocycles. The molecule has 0 aliphatic heterocycles. The van der Waals surface area contributed by atoms with Crippen LogP contribution in [0.25, 0.3) is 0 Å². The van der Waals surface area contributed by atoms with Gasteiger partial charge in [0.1, 0.15) is 0 Å². The summed E-state index contributed by atoms with van der Waals surface area (Å²) in [6.45, 7) is 0. The lowest BCUT2D eigenvalue weighted by atomic mass is 10.3. The van der Waals surface area contributed by atoms with Gasteiger partial charge in [0.05, 0.1) is 0 Å². The van der Waals surface area contributed by atoms with E-state index in [9.17, 15) is 35.2 Å². The number of benzene rings is 1. The van der Waals surface area contributed by atoms with E-state index in [-0.39, 0.29) is 10.8 Å². The summed E-state index contributed by atoms with van der Waals surface area (Å²) >= 11 is 0. The van der Waals surface area contributed by atoms with Gasteiger partial charge in [-0.15, -0.1) is 0 Å². The Bertz CT molecular complexity index is 647. The van der Waals surface area contributed by atoms with Crippen LogP contribution in [0.2, 0.25) is 0 Å². The van der Waals surface area contributed by atoms with E-state index in [0.29, 0.717) is 0 Å². The topological polar surface area (TPSA) is 69.7 Å². The van der Waals surface area contributed by atoms with Crippen LogP contribution in [-0.2, 0) is 13.6 Å². The number of hydrogen-bond acceptors (Lipinski definition) is 6. The molecule has 1 aromatic carbocycles. The zero-order valence-electron chi connectivity index (χ0n) is 9.95. The summed E-state index contributed by atoms with van der Waals surface area (Å²) < 4.78 is 93.8. The van der Waals surface area contributed by atoms with Crippen LogP contribution < -0.4 is 4.74 Å². The van der Waals surface area contributed by atoms with E-state index in [0.717, 1.165) is 6.26 Å². The molecule has 0 fully saturated rings. The van der Waals surface area contributed by atoms with Gasteiger partial charge in [0, 0.05) is 17.0 Å². The lowest BCUT2D eigenvalue weighted by molar-refractivity contribution is 0.112. The minimum Gasteiger partial charge on any atom is -0.422 e. The molecule has 1 rings (SSSR count). The average Bonchev–Trinajstić information content (AvgIpc) is 2.38. The zero-order valence-corrected chi connectivity index (χ0v) is 11.6. The van der Waals surface area contributed by atoms with Crippen molar-refractivity contribution in [2.45, 2.75) is 0 Å². The minimum absolute atomic E-state index is 0.143. The van der Waals surface area contributed by atoms with Crippen molar-refractivity contribution in [2.75, 3.05) is 12.2 Å². The Labute approximate surface area is 118 Å². The molecule has 0 radical (unpaired) electrons. The number of hydrogen-bond donors (Lipinski definition) is 0. The summed E-state index contributed by atoms with van der Waals surface area (Å²) in [6.07, 6.45) is -1.05. The number of halogens is 5. The Morgan fingerprint density at radius 2 is 1.43 bits per heavy atom. The minimum atomic E-state index is -3.56. The van der Waals surface area contributed by atoms with Crippen LogP contribution in [0.5, 0.6) is 5.75 Å². The molecule has 118 valence electrons. The van der Waals surface area contributed by atoms with Crippen molar-refractivity contribution in [2.24, 2.45) is 0 Å². The van der Waals surface area contributed by atoms with Crippen LogP contribution >= 0.6 is 10.8 Å². The van der Waals surface area contributed by atoms with E-state index in [1.807, 2.05) is 0 Å². The zero-order chi connectivity index (χ0) is 16.4. The van der Waals surface area contributed by atoms with Crippen molar-refractivity contribution in [1.82, 2.24) is 0 Å². The Balaban J connectivity index is 2.87. The molecule has 1 aromatic rings. The van der Waals surface area contributed by atoms with Crippen molar-refractivity contribution in [1.29, 1.82) is 0 Å². The third kappa shape index (κ3) is 4.46. The molecular weight excluding hydrogens is 347 g/mol. The van der Waals surface area contributed by atoms with Crippen LogP contribution in [0.4, 0.5) is 26.7 Å². The Hall–Kier alpha value is -1.56. The van der Waals surface area contributed by atoms with E-state index in [1.165, 1.54) is 0 Å².